The lowest BCUT2D eigenvalue weighted by Crippen LogP contribution is -2.30. The highest BCUT2D eigenvalue weighted by Crippen LogP contribution is 2.45. The van der Waals surface area contributed by atoms with Crippen LogP contribution in [0.5, 0.6) is 0 Å². The van der Waals surface area contributed by atoms with Crippen molar-refractivity contribution in [2.24, 2.45) is 0 Å². The summed E-state index contributed by atoms with van der Waals surface area (Å²) in [5.41, 5.74) is 0. The lowest BCUT2D eigenvalue weighted by atomic mass is 10.0. The minimum Gasteiger partial charge on any atom is -0.463 e. The van der Waals surface area contributed by atoms with Gasteiger partial charge in [-0.1, -0.05) is 309 Å². The summed E-state index contributed by atoms with van der Waals surface area (Å²) in [5, 5.41) is 20.7. The molecule has 0 aromatic rings. The Labute approximate surface area is 627 Å². The smallest absolute Gasteiger partial charge is 0.463 e. The Morgan fingerprint density at radius 2 is 0.515 bits per heavy atom. The van der Waals surface area contributed by atoms with Crippen molar-refractivity contribution < 1.29 is 75.8 Å². The zero-order chi connectivity index (χ0) is 75.2. The van der Waals surface area contributed by atoms with Crippen LogP contribution in [0.4, 0.5) is 0 Å². The maximum absolute atomic E-state index is 13.0. The minimum atomic E-state index is -4.94. The van der Waals surface area contributed by atoms with Crippen molar-refractivity contribution in [2.75, 3.05) is 39.6 Å². The van der Waals surface area contributed by atoms with Crippen LogP contribution in [-0.4, -0.2) is 95.9 Å². The number of carbonyl (C=O) groups is 3. The number of hydrogen-bond acceptors (Lipinski definition) is 14. The molecule has 0 saturated heterocycles. The fourth-order valence-corrected chi connectivity index (χ4v) is 12.5. The summed E-state index contributed by atoms with van der Waals surface area (Å²) in [7, 11) is -9.80. The number of aliphatic hydroxyl groups excluding tert-OH is 2. The van der Waals surface area contributed by atoms with Crippen molar-refractivity contribution in [1.82, 2.24) is 0 Å². The minimum absolute atomic E-state index is 0.0915. The zero-order valence-corrected chi connectivity index (χ0v) is 66.7. The Balaban J connectivity index is 4.54. The second-order valence-electron chi connectivity index (χ2n) is 27.2. The average molecular weight is 1490 g/mol. The van der Waals surface area contributed by atoms with Crippen LogP contribution in [0.25, 0.3) is 0 Å². The van der Waals surface area contributed by atoms with Crippen LogP contribution in [0, 0.1) is 0 Å². The van der Waals surface area contributed by atoms with Crippen LogP contribution >= 0.6 is 15.6 Å². The fourth-order valence-electron chi connectivity index (χ4n) is 10.9. The largest absolute Gasteiger partial charge is 0.472 e. The summed E-state index contributed by atoms with van der Waals surface area (Å²) in [5.74, 6) is -1.59. The first-order valence-electron chi connectivity index (χ1n) is 40.8. The third-order valence-electron chi connectivity index (χ3n) is 17.1. The van der Waals surface area contributed by atoms with E-state index >= 15 is 0 Å². The topological polar surface area (TPSA) is 231 Å². The van der Waals surface area contributed by atoms with Gasteiger partial charge in [-0.3, -0.25) is 32.5 Å². The normalized spacial score (nSPS) is 14.6. The number of ether oxygens (including phenoxy) is 3. The van der Waals surface area contributed by atoms with E-state index < -0.39 is 91.5 Å². The van der Waals surface area contributed by atoms with E-state index in [0.717, 1.165) is 161 Å². The number of allylic oxidation sites excluding steroid dienone is 20. The van der Waals surface area contributed by atoms with E-state index in [1.807, 2.05) is 0 Å². The Morgan fingerprint density at radius 3 is 0.845 bits per heavy atom. The Morgan fingerprint density at radius 1 is 0.282 bits per heavy atom. The summed E-state index contributed by atoms with van der Waals surface area (Å²) < 4.78 is 61.2. The molecule has 0 amide bonds. The van der Waals surface area contributed by atoms with Gasteiger partial charge in [-0.15, -0.1) is 0 Å². The maximum atomic E-state index is 13.0. The number of phosphoric acid groups is 2. The molecule has 0 spiro atoms. The van der Waals surface area contributed by atoms with E-state index in [1.165, 1.54) is 122 Å². The summed E-state index contributed by atoms with van der Waals surface area (Å²) in [6.07, 6.45) is 92.4. The molecule has 0 bridgehead atoms. The average Bonchev–Trinajstić information content (AvgIpc) is 0.915. The van der Waals surface area contributed by atoms with E-state index in [2.05, 4.69) is 142 Å². The Bertz CT molecular complexity index is 2360. The molecule has 0 rings (SSSR count). The molecule has 0 fully saturated rings. The number of esters is 3. The van der Waals surface area contributed by atoms with Crippen LogP contribution < -0.4 is 0 Å². The van der Waals surface area contributed by atoms with Gasteiger partial charge in [0.2, 0.25) is 0 Å². The molecule has 5 atom stereocenters. The number of aliphatic hydroxyl groups is 2. The lowest BCUT2D eigenvalue weighted by Gasteiger charge is -2.21. The van der Waals surface area contributed by atoms with Gasteiger partial charge in [0.15, 0.2) is 6.10 Å². The van der Waals surface area contributed by atoms with Gasteiger partial charge >= 0.3 is 33.6 Å². The number of phosphoric ester groups is 2. The molecular weight excluding hydrogens is 1340 g/mol. The number of carbonyl (C=O) groups excluding carboxylic acids is 3. The van der Waals surface area contributed by atoms with Gasteiger partial charge in [-0.05, 0) is 135 Å². The van der Waals surface area contributed by atoms with Gasteiger partial charge in [0, 0.05) is 19.3 Å². The molecule has 0 aliphatic carbocycles. The van der Waals surface area contributed by atoms with Crippen molar-refractivity contribution in [3.05, 3.63) is 122 Å². The summed E-state index contributed by atoms with van der Waals surface area (Å²) in [6.45, 7) is 2.54. The third-order valence-corrected chi connectivity index (χ3v) is 19.0. The first-order chi connectivity index (χ1) is 50.2. The van der Waals surface area contributed by atoms with Crippen LogP contribution in [-0.2, 0) is 55.8 Å². The van der Waals surface area contributed by atoms with Crippen molar-refractivity contribution in [3.63, 3.8) is 0 Å². The van der Waals surface area contributed by atoms with Gasteiger partial charge < -0.3 is 34.2 Å². The SMILES string of the molecule is CC/C=C\C/C=C\C/C=C\C/C=C\C/C=C\CCCCCCCCCCCCCCCC(=O)OCC(O)COP(=O)(O)OCC(O)COP(=O)(O)OCC(COC(=O)CCCCCCCCC/C=C\C/C=C\C/C=C\C/C=C\CCCCC)OC(=O)CCCCCCC/C=C\CCCCCCCC. The number of unbranched alkanes of at least 4 members (excludes halogenated alkanes) is 34. The molecular formula is C85H148O16P2. The van der Waals surface area contributed by atoms with Gasteiger partial charge in [0.1, 0.15) is 25.4 Å². The molecule has 0 aromatic heterocycles. The summed E-state index contributed by atoms with van der Waals surface area (Å²) >= 11 is 0. The van der Waals surface area contributed by atoms with Crippen molar-refractivity contribution in [1.29, 1.82) is 0 Å². The molecule has 0 saturated carbocycles. The fraction of sp³-hybridized carbons (Fsp3) is 0.729. The van der Waals surface area contributed by atoms with Crippen LogP contribution in [0.2, 0.25) is 0 Å². The van der Waals surface area contributed by atoms with Crippen LogP contribution in [0.3, 0.4) is 0 Å². The quantitative estimate of drug-likeness (QED) is 0.0146. The van der Waals surface area contributed by atoms with Gasteiger partial charge in [0.05, 0.1) is 26.4 Å². The number of hydrogen-bond donors (Lipinski definition) is 4. The summed E-state index contributed by atoms with van der Waals surface area (Å²) in [4.78, 5) is 58.7. The molecule has 0 radical (unpaired) electrons. The highest BCUT2D eigenvalue weighted by molar-refractivity contribution is 7.47. The van der Waals surface area contributed by atoms with E-state index in [1.54, 1.807) is 0 Å². The molecule has 5 unspecified atom stereocenters. The van der Waals surface area contributed by atoms with Crippen molar-refractivity contribution in [2.45, 2.75) is 360 Å². The van der Waals surface area contributed by atoms with Crippen molar-refractivity contribution >= 4 is 33.6 Å². The predicted octanol–water partition coefficient (Wildman–Crippen LogP) is 24.1. The first-order valence-corrected chi connectivity index (χ1v) is 43.8. The molecule has 16 nitrogen and oxygen atoms in total. The third kappa shape index (κ3) is 78.8. The van der Waals surface area contributed by atoms with E-state index in [9.17, 15) is 43.5 Å². The first kappa shape index (κ1) is 98.9. The second kappa shape index (κ2) is 77.6. The molecule has 0 aliphatic rings. The standard InChI is InChI=1S/C85H148O16P2/c1-4-7-10-13-16-19-22-25-28-30-32-34-36-37-38-39-40-41-43-45-46-48-51-53-56-59-62-65-68-71-83(88)95-74-80(86)75-97-102(91,92)98-76-81(87)77-99-103(93,94)100-79-82(101-85(90)73-70-67-64-61-58-55-50-27-24-21-18-15-12-9-6-3)78-96-84(89)72-69-66-63-60-57-54-52-49-47-44-42-35-33-31-29-26-23-20-17-14-11-8-5-2/h7,10,16-17,19-20,25-29,32-35,37-38,44,47,50,80-82,86-87H,4-6,8-9,11-15,18,21-24,30-31,36,39-43,45-46,48-49,51-79H2,1-3H3,(H,91,92)(H,93,94)/b10-7-,19-16-,20-17-,28-25-,29-26-,34-32-,35-33-,38-37-,47-44-,50-27-. The Kier molecular flexibility index (Phi) is 74.5. The van der Waals surface area contributed by atoms with Gasteiger partial charge in [-0.25, -0.2) is 9.13 Å². The molecule has 594 valence electrons. The molecule has 0 heterocycles. The van der Waals surface area contributed by atoms with Crippen LogP contribution in [0.15, 0.2) is 122 Å². The molecule has 0 aromatic carbocycles. The van der Waals surface area contributed by atoms with Crippen molar-refractivity contribution in [3.8, 4) is 0 Å². The second-order valence-corrected chi connectivity index (χ2v) is 30.1. The molecule has 0 aliphatic heterocycles. The van der Waals surface area contributed by atoms with Gasteiger partial charge in [-0.2, -0.15) is 0 Å². The van der Waals surface area contributed by atoms with Crippen LogP contribution in [0.1, 0.15) is 342 Å². The highest BCUT2D eigenvalue weighted by Gasteiger charge is 2.29. The molecule has 18 heteroatoms. The van der Waals surface area contributed by atoms with E-state index in [4.69, 9.17) is 32.3 Å². The monoisotopic (exact) mass is 1490 g/mol. The van der Waals surface area contributed by atoms with E-state index in [-0.39, 0.29) is 19.3 Å². The van der Waals surface area contributed by atoms with E-state index in [0.29, 0.717) is 19.3 Å². The molecule has 103 heavy (non-hydrogen) atoms. The lowest BCUT2D eigenvalue weighted by molar-refractivity contribution is -0.161. The number of rotatable bonds is 77. The summed E-state index contributed by atoms with van der Waals surface area (Å²) in [6, 6.07) is 0. The van der Waals surface area contributed by atoms with Gasteiger partial charge in [0.25, 0.3) is 0 Å². The molecule has 4 N–H and O–H groups in total. The highest BCUT2D eigenvalue weighted by atomic mass is 31.2. The Hall–Kier alpha value is -4.05. The predicted molar refractivity (Wildman–Crippen MR) is 427 cm³/mol. The zero-order valence-electron chi connectivity index (χ0n) is 65.0. The maximum Gasteiger partial charge on any atom is 0.472 e.